The van der Waals surface area contributed by atoms with E-state index in [1.165, 1.54) is 12.1 Å². The molecule has 0 aliphatic heterocycles. The Bertz CT molecular complexity index is 655. The standard InChI is InChI=1S/C13H13FN2O2S/c1-7-5-12(18)16-13(15-7)19-11-4-3-9(8(2)17)6-10(11)14/h3-6,8,17H,1-2H3,(H,15,16,18). The number of aromatic amines is 1. The van der Waals surface area contributed by atoms with Gasteiger partial charge in [0.2, 0.25) is 0 Å². The molecule has 0 spiro atoms. The summed E-state index contributed by atoms with van der Waals surface area (Å²) in [5, 5.41) is 9.71. The first-order valence-electron chi connectivity index (χ1n) is 5.69. The van der Waals surface area contributed by atoms with Crippen molar-refractivity contribution in [1.82, 2.24) is 9.97 Å². The van der Waals surface area contributed by atoms with Crippen LogP contribution in [0.1, 0.15) is 24.3 Å². The maximum absolute atomic E-state index is 13.8. The SMILES string of the molecule is Cc1cc(=O)[nH]c(Sc2ccc(C(C)O)cc2F)n1. The molecule has 1 atom stereocenters. The van der Waals surface area contributed by atoms with Crippen molar-refractivity contribution in [3.8, 4) is 0 Å². The molecule has 19 heavy (non-hydrogen) atoms. The minimum atomic E-state index is -0.717. The van der Waals surface area contributed by atoms with Gasteiger partial charge in [-0.25, -0.2) is 9.37 Å². The molecule has 0 aliphatic rings. The van der Waals surface area contributed by atoms with Crippen LogP contribution in [0.3, 0.4) is 0 Å². The van der Waals surface area contributed by atoms with Crippen LogP contribution in [0.25, 0.3) is 0 Å². The lowest BCUT2D eigenvalue weighted by Crippen LogP contribution is -2.08. The van der Waals surface area contributed by atoms with Crippen molar-refractivity contribution < 1.29 is 9.50 Å². The molecule has 100 valence electrons. The van der Waals surface area contributed by atoms with E-state index in [9.17, 15) is 14.3 Å². The third kappa shape index (κ3) is 3.42. The highest BCUT2D eigenvalue weighted by Crippen LogP contribution is 2.28. The Labute approximate surface area is 113 Å². The van der Waals surface area contributed by atoms with Gasteiger partial charge in [-0.1, -0.05) is 6.07 Å². The summed E-state index contributed by atoms with van der Waals surface area (Å²) in [7, 11) is 0. The molecule has 0 saturated carbocycles. The highest BCUT2D eigenvalue weighted by atomic mass is 32.2. The quantitative estimate of drug-likeness (QED) is 0.847. The number of hydrogen-bond acceptors (Lipinski definition) is 4. The van der Waals surface area contributed by atoms with Crippen LogP contribution in [0.5, 0.6) is 0 Å². The molecule has 0 amide bonds. The van der Waals surface area contributed by atoms with Crippen LogP contribution < -0.4 is 5.56 Å². The van der Waals surface area contributed by atoms with Gasteiger partial charge in [-0.15, -0.1) is 0 Å². The van der Waals surface area contributed by atoms with Crippen LogP contribution in [0.2, 0.25) is 0 Å². The number of nitrogens with one attached hydrogen (secondary N) is 1. The number of aryl methyl sites for hydroxylation is 1. The molecule has 0 radical (unpaired) electrons. The summed E-state index contributed by atoms with van der Waals surface area (Å²) in [5.41, 5.74) is 0.816. The monoisotopic (exact) mass is 280 g/mol. The molecule has 2 N–H and O–H groups in total. The number of aromatic nitrogens is 2. The fourth-order valence-electron chi connectivity index (χ4n) is 1.56. The fourth-order valence-corrected chi connectivity index (χ4v) is 2.41. The Hall–Kier alpha value is -1.66. The lowest BCUT2D eigenvalue weighted by atomic mass is 10.1. The first kappa shape index (κ1) is 13.8. The molecule has 1 aromatic carbocycles. The molecule has 0 aliphatic carbocycles. The molecule has 6 heteroatoms. The summed E-state index contributed by atoms with van der Waals surface area (Å²) < 4.78 is 13.8. The second kappa shape index (κ2) is 5.54. The summed E-state index contributed by atoms with van der Waals surface area (Å²) in [6, 6.07) is 5.85. The summed E-state index contributed by atoms with van der Waals surface area (Å²) in [6.45, 7) is 3.27. The molecule has 0 fully saturated rings. The molecule has 2 rings (SSSR count). The Morgan fingerprint density at radius 2 is 2.16 bits per heavy atom. The van der Waals surface area contributed by atoms with E-state index in [0.717, 1.165) is 11.8 Å². The van der Waals surface area contributed by atoms with Gasteiger partial charge >= 0.3 is 0 Å². The van der Waals surface area contributed by atoms with Gasteiger partial charge < -0.3 is 10.1 Å². The lowest BCUT2D eigenvalue weighted by Gasteiger charge is -2.07. The maximum atomic E-state index is 13.8. The lowest BCUT2D eigenvalue weighted by molar-refractivity contribution is 0.198. The molecule has 2 aromatic rings. The van der Waals surface area contributed by atoms with E-state index < -0.39 is 11.9 Å². The fraction of sp³-hybridized carbons (Fsp3) is 0.231. The molecule has 0 saturated heterocycles. The minimum Gasteiger partial charge on any atom is -0.389 e. The van der Waals surface area contributed by atoms with Gasteiger partial charge in [0.05, 0.1) is 11.0 Å². The molecule has 1 unspecified atom stereocenters. The second-order valence-electron chi connectivity index (χ2n) is 4.16. The smallest absolute Gasteiger partial charge is 0.251 e. The average Bonchev–Trinajstić information content (AvgIpc) is 2.30. The van der Waals surface area contributed by atoms with E-state index in [4.69, 9.17) is 0 Å². The second-order valence-corrected chi connectivity index (χ2v) is 5.19. The van der Waals surface area contributed by atoms with Crippen molar-refractivity contribution in [2.45, 2.75) is 30.0 Å². The highest BCUT2D eigenvalue weighted by molar-refractivity contribution is 7.99. The number of H-pyrrole nitrogens is 1. The number of rotatable bonds is 3. The van der Waals surface area contributed by atoms with Crippen molar-refractivity contribution in [3.05, 3.63) is 51.7 Å². The molecule has 1 aromatic heterocycles. The summed E-state index contributed by atoms with van der Waals surface area (Å²) >= 11 is 1.04. The van der Waals surface area contributed by atoms with E-state index in [1.54, 1.807) is 26.0 Å². The zero-order valence-corrected chi connectivity index (χ0v) is 11.3. The predicted octanol–water partition coefficient (Wildman–Crippen LogP) is 2.42. The Kier molecular flexibility index (Phi) is 4.01. The van der Waals surface area contributed by atoms with E-state index in [1.807, 2.05) is 0 Å². The third-order valence-corrected chi connectivity index (χ3v) is 3.43. The third-order valence-electron chi connectivity index (χ3n) is 2.49. The highest BCUT2D eigenvalue weighted by Gasteiger charge is 2.09. The zero-order valence-electron chi connectivity index (χ0n) is 10.5. The summed E-state index contributed by atoms with van der Waals surface area (Å²) in [6.07, 6.45) is -0.717. The zero-order chi connectivity index (χ0) is 14.0. The van der Waals surface area contributed by atoms with E-state index in [0.29, 0.717) is 21.3 Å². The van der Waals surface area contributed by atoms with Gasteiger partial charge in [-0.05, 0) is 43.3 Å². The van der Waals surface area contributed by atoms with Crippen LogP contribution in [0, 0.1) is 12.7 Å². The van der Waals surface area contributed by atoms with Gasteiger partial charge in [0, 0.05) is 11.8 Å². The van der Waals surface area contributed by atoms with Crippen molar-refractivity contribution in [1.29, 1.82) is 0 Å². The Morgan fingerprint density at radius 3 is 2.74 bits per heavy atom. The minimum absolute atomic E-state index is 0.268. The summed E-state index contributed by atoms with van der Waals surface area (Å²) in [5.74, 6) is -0.451. The van der Waals surface area contributed by atoms with E-state index >= 15 is 0 Å². The molecule has 0 bridgehead atoms. The van der Waals surface area contributed by atoms with E-state index in [2.05, 4.69) is 9.97 Å². The number of hydrogen-bond donors (Lipinski definition) is 2. The molecule has 4 nitrogen and oxygen atoms in total. The van der Waals surface area contributed by atoms with Gasteiger partial charge in [0.1, 0.15) is 5.82 Å². The predicted molar refractivity (Wildman–Crippen MR) is 70.8 cm³/mol. The molecular formula is C13H13FN2O2S. The number of benzene rings is 1. The number of halogens is 1. The Morgan fingerprint density at radius 1 is 1.42 bits per heavy atom. The largest absolute Gasteiger partial charge is 0.389 e. The van der Waals surface area contributed by atoms with Crippen LogP contribution in [0.4, 0.5) is 4.39 Å². The van der Waals surface area contributed by atoms with Crippen LogP contribution in [-0.4, -0.2) is 15.1 Å². The van der Waals surface area contributed by atoms with Gasteiger partial charge in [0.25, 0.3) is 5.56 Å². The van der Waals surface area contributed by atoms with Gasteiger partial charge in [-0.2, -0.15) is 0 Å². The summed E-state index contributed by atoms with van der Waals surface area (Å²) in [4.78, 5) is 18.3. The first-order valence-corrected chi connectivity index (χ1v) is 6.50. The normalized spacial score (nSPS) is 12.4. The van der Waals surface area contributed by atoms with Crippen molar-refractivity contribution in [2.24, 2.45) is 0 Å². The number of aliphatic hydroxyl groups excluding tert-OH is 1. The van der Waals surface area contributed by atoms with Crippen molar-refractivity contribution in [3.63, 3.8) is 0 Å². The first-order chi connectivity index (χ1) is 8.95. The maximum Gasteiger partial charge on any atom is 0.251 e. The van der Waals surface area contributed by atoms with Gasteiger partial charge in [0.15, 0.2) is 5.16 Å². The van der Waals surface area contributed by atoms with E-state index in [-0.39, 0.29) is 5.56 Å². The van der Waals surface area contributed by atoms with Crippen molar-refractivity contribution >= 4 is 11.8 Å². The Balaban J connectivity index is 2.30. The van der Waals surface area contributed by atoms with Crippen LogP contribution >= 0.6 is 11.8 Å². The van der Waals surface area contributed by atoms with Crippen LogP contribution in [-0.2, 0) is 0 Å². The van der Waals surface area contributed by atoms with Crippen LogP contribution in [0.15, 0.2) is 39.1 Å². The number of aliphatic hydroxyl groups is 1. The molecule has 1 heterocycles. The molecular weight excluding hydrogens is 267 g/mol. The average molecular weight is 280 g/mol. The van der Waals surface area contributed by atoms with Crippen molar-refractivity contribution in [2.75, 3.05) is 0 Å². The van der Waals surface area contributed by atoms with Gasteiger partial charge in [-0.3, -0.25) is 4.79 Å². The topological polar surface area (TPSA) is 66.0 Å². The number of nitrogens with zero attached hydrogens (tertiary/aromatic N) is 1.